The number of methoxy groups -OCH3 is 1. The number of rotatable bonds is 12. The molecule has 0 heterocycles. The fourth-order valence-electron chi connectivity index (χ4n) is 2.00. The molecular weight excluding hydrogens is 423 g/mol. The molecule has 0 aliphatic rings. The summed E-state index contributed by atoms with van der Waals surface area (Å²) in [6.45, 7) is 11.6. The number of halogens is 1. The summed E-state index contributed by atoms with van der Waals surface area (Å²) < 4.78 is 10.6. The number of ether oxygens (including phenoxy) is 2. The summed E-state index contributed by atoms with van der Waals surface area (Å²) in [6.07, 6.45) is 1.13. The first-order valence-electron chi connectivity index (χ1n) is 8.44. The Morgan fingerprint density at radius 3 is 2.38 bits per heavy atom. The monoisotopic (exact) mass is 458 g/mol. The molecule has 1 amide bonds. The van der Waals surface area contributed by atoms with E-state index in [9.17, 15) is 4.79 Å². The number of hydrogen-bond donors (Lipinski definition) is 3. The lowest BCUT2D eigenvalue weighted by Crippen LogP contribution is -2.40. The van der Waals surface area contributed by atoms with Crippen molar-refractivity contribution in [2.24, 2.45) is 10.9 Å². The van der Waals surface area contributed by atoms with Crippen LogP contribution < -0.4 is 16.0 Å². The average molecular weight is 458 g/mol. The van der Waals surface area contributed by atoms with E-state index in [2.05, 4.69) is 34.8 Å². The average Bonchev–Trinajstić information content (AvgIpc) is 2.51. The lowest BCUT2D eigenvalue weighted by molar-refractivity contribution is -0.119. The number of carbonyl (C=O) groups is 1. The molecule has 0 saturated heterocycles. The summed E-state index contributed by atoms with van der Waals surface area (Å²) in [5, 5.41) is 9.12. The molecule has 0 aliphatic heterocycles. The van der Waals surface area contributed by atoms with Crippen molar-refractivity contribution in [1.82, 2.24) is 16.0 Å². The molecule has 0 aromatic heterocycles. The molecule has 24 heavy (non-hydrogen) atoms. The van der Waals surface area contributed by atoms with Crippen LogP contribution in [0.1, 0.15) is 34.1 Å². The second-order valence-electron chi connectivity index (χ2n) is 5.49. The Kier molecular flexibility index (Phi) is 18.4. The van der Waals surface area contributed by atoms with Gasteiger partial charge in [-0.3, -0.25) is 4.79 Å². The SMILES string of the molecule is CCNC(=NCC(=O)NCCOC)NCCC(OCC)C(C)C.I. The zero-order valence-corrected chi connectivity index (χ0v) is 18.0. The molecule has 0 saturated carbocycles. The molecule has 0 aromatic carbocycles. The molecule has 0 bridgehead atoms. The third-order valence-corrected chi connectivity index (χ3v) is 3.20. The van der Waals surface area contributed by atoms with Crippen LogP contribution in [0.15, 0.2) is 4.99 Å². The highest BCUT2D eigenvalue weighted by atomic mass is 127. The van der Waals surface area contributed by atoms with Gasteiger partial charge in [0, 0.05) is 33.4 Å². The second-order valence-corrected chi connectivity index (χ2v) is 5.49. The lowest BCUT2D eigenvalue weighted by Gasteiger charge is -2.21. The van der Waals surface area contributed by atoms with Crippen molar-refractivity contribution >= 4 is 35.8 Å². The quantitative estimate of drug-likeness (QED) is 0.178. The Morgan fingerprint density at radius 2 is 1.83 bits per heavy atom. The van der Waals surface area contributed by atoms with E-state index in [1.807, 2.05) is 13.8 Å². The highest BCUT2D eigenvalue weighted by Crippen LogP contribution is 2.09. The van der Waals surface area contributed by atoms with E-state index in [-0.39, 0.29) is 42.5 Å². The predicted octanol–water partition coefficient (Wildman–Crippen LogP) is 1.37. The van der Waals surface area contributed by atoms with Crippen LogP contribution in [0, 0.1) is 5.92 Å². The highest BCUT2D eigenvalue weighted by molar-refractivity contribution is 14.0. The first kappa shape index (κ1) is 25.6. The summed E-state index contributed by atoms with van der Waals surface area (Å²) >= 11 is 0. The van der Waals surface area contributed by atoms with Crippen molar-refractivity contribution < 1.29 is 14.3 Å². The standard InChI is InChI=1S/C16H34N4O3.HI/c1-6-17-16(20-12-15(21)18-10-11-22-5)19-9-8-14(13(3)4)23-7-2;/h13-14H,6-12H2,1-5H3,(H,18,21)(H2,17,19,20);1H. The fraction of sp³-hybridized carbons (Fsp3) is 0.875. The van der Waals surface area contributed by atoms with Gasteiger partial charge in [0.25, 0.3) is 0 Å². The van der Waals surface area contributed by atoms with Gasteiger partial charge in [-0.15, -0.1) is 24.0 Å². The minimum Gasteiger partial charge on any atom is -0.383 e. The van der Waals surface area contributed by atoms with Gasteiger partial charge >= 0.3 is 0 Å². The van der Waals surface area contributed by atoms with Crippen LogP contribution in [0.5, 0.6) is 0 Å². The first-order valence-corrected chi connectivity index (χ1v) is 8.44. The molecule has 7 nitrogen and oxygen atoms in total. The van der Waals surface area contributed by atoms with Crippen LogP contribution in [0.3, 0.4) is 0 Å². The first-order chi connectivity index (χ1) is 11.0. The maximum Gasteiger partial charge on any atom is 0.241 e. The zero-order chi connectivity index (χ0) is 17.5. The van der Waals surface area contributed by atoms with E-state index >= 15 is 0 Å². The smallest absolute Gasteiger partial charge is 0.241 e. The predicted molar refractivity (Wildman–Crippen MR) is 109 cm³/mol. The van der Waals surface area contributed by atoms with E-state index in [1.54, 1.807) is 7.11 Å². The maximum atomic E-state index is 11.6. The molecule has 1 atom stereocenters. The number of carbonyl (C=O) groups excluding carboxylic acids is 1. The van der Waals surface area contributed by atoms with Gasteiger partial charge in [0.15, 0.2) is 5.96 Å². The van der Waals surface area contributed by atoms with Gasteiger partial charge in [0.05, 0.1) is 12.7 Å². The number of amides is 1. The largest absolute Gasteiger partial charge is 0.383 e. The van der Waals surface area contributed by atoms with E-state index in [0.29, 0.717) is 25.0 Å². The van der Waals surface area contributed by atoms with Gasteiger partial charge in [-0.25, -0.2) is 4.99 Å². The summed E-state index contributed by atoms with van der Waals surface area (Å²) in [6, 6.07) is 0. The minimum absolute atomic E-state index is 0. The normalized spacial score (nSPS) is 12.5. The number of aliphatic imine (C=N–C) groups is 1. The van der Waals surface area contributed by atoms with Gasteiger partial charge in [0.2, 0.25) is 5.91 Å². The summed E-state index contributed by atoms with van der Waals surface area (Å²) in [5.41, 5.74) is 0. The minimum atomic E-state index is -0.117. The number of guanidine groups is 1. The molecule has 3 N–H and O–H groups in total. The van der Waals surface area contributed by atoms with Gasteiger partial charge in [-0.2, -0.15) is 0 Å². The van der Waals surface area contributed by atoms with Gasteiger partial charge < -0.3 is 25.4 Å². The molecule has 8 heteroatoms. The number of hydrogen-bond acceptors (Lipinski definition) is 4. The van der Waals surface area contributed by atoms with E-state index in [0.717, 1.165) is 26.1 Å². The van der Waals surface area contributed by atoms with Gasteiger partial charge in [0.1, 0.15) is 6.54 Å². The Bertz CT molecular complexity index is 341. The molecule has 0 rings (SSSR count). The third kappa shape index (κ3) is 13.8. The Balaban J connectivity index is 0. The molecule has 0 fully saturated rings. The second kappa shape index (κ2) is 17.2. The number of nitrogens with zero attached hydrogens (tertiary/aromatic N) is 1. The Hall–Kier alpha value is -0.610. The van der Waals surface area contributed by atoms with Crippen LogP contribution in [0.4, 0.5) is 0 Å². The molecular formula is C16H35IN4O3. The third-order valence-electron chi connectivity index (χ3n) is 3.20. The zero-order valence-electron chi connectivity index (χ0n) is 15.7. The van der Waals surface area contributed by atoms with Crippen molar-refractivity contribution in [1.29, 1.82) is 0 Å². The lowest BCUT2D eigenvalue weighted by atomic mass is 10.0. The van der Waals surface area contributed by atoms with Crippen molar-refractivity contribution in [3.8, 4) is 0 Å². The van der Waals surface area contributed by atoms with Crippen molar-refractivity contribution in [2.75, 3.05) is 46.5 Å². The summed E-state index contributed by atoms with van der Waals surface area (Å²) in [4.78, 5) is 15.9. The van der Waals surface area contributed by atoms with Crippen molar-refractivity contribution in [2.45, 2.75) is 40.2 Å². The molecule has 0 aliphatic carbocycles. The van der Waals surface area contributed by atoms with Gasteiger partial charge in [-0.1, -0.05) is 13.8 Å². The van der Waals surface area contributed by atoms with Crippen LogP contribution >= 0.6 is 24.0 Å². The van der Waals surface area contributed by atoms with Crippen LogP contribution in [-0.2, 0) is 14.3 Å². The van der Waals surface area contributed by atoms with E-state index < -0.39 is 0 Å². The molecule has 0 spiro atoms. The molecule has 1 unspecified atom stereocenters. The van der Waals surface area contributed by atoms with Crippen molar-refractivity contribution in [3.05, 3.63) is 0 Å². The fourth-order valence-corrected chi connectivity index (χ4v) is 2.00. The van der Waals surface area contributed by atoms with Crippen LogP contribution in [-0.4, -0.2) is 64.5 Å². The summed E-state index contributed by atoms with van der Waals surface area (Å²) in [7, 11) is 1.60. The van der Waals surface area contributed by atoms with Gasteiger partial charge in [-0.05, 0) is 26.2 Å². The van der Waals surface area contributed by atoms with E-state index in [1.165, 1.54) is 0 Å². The van der Waals surface area contributed by atoms with E-state index in [4.69, 9.17) is 9.47 Å². The Labute approximate surface area is 163 Å². The molecule has 144 valence electrons. The maximum absolute atomic E-state index is 11.6. The van der Waals surface area contributed by atoms with Crippen molar-refractivity contribution in [3.63, 3.8) is 0 Å². The van der Waals surface area contributed by atoms with Crippen LogP contribution in [0.25, 0.3) is 0 Å². The highest BCUT2D eigenvalue weighted by Gasteiger charge is 2.13. The summed E-state index contributed by atoms with van der Waals surface area (Å²) in [5.74, 6) is 1.00. The molecule has 0 aromatic rings. The topological polar surface area (TPSA) is 84.0 Å². The Morgan fingerprint density at radius 1 is 1.12 bits per heavy atom. The number of nitrogens with one attached hydrogen (secondary N) is 3. The van der Waals surface area contributed by atoms with Crippen LogP contribution in [0.2, 0.25) is 0 Å². The molecule has 0 radical (unpaired) electrons.